The van der Waals surface area contributed by atoms with Crippen LogP contribution in [0.3, 0.4) is 0 Å². The number of carbonyl (C=O) groups excluding carboxylic acids is 2. The van der Waals surface area contributed by atoms with Crippen molar-refractivity contribution < 1.29 is 18.0 Å². The lowest BCUT2D eigenvalue weighted by Crippen LogP contribution is -2.53. The first-order chi connectivity index (χ1) is 21.5. The second-order valence-electron chi connectivity index (χ2n) is 10.6. The number of amides is 2. The second kappa shape index (κ2) is 15.8. The summed E-state index contributed by atoms with van der Waals surface area (Å²) < 4.78 is 30.0. The normalized spacial score (nSPS) is 11.9. The molecule has 0 heterocycles. The highest BCUT2D eigenvalue weighted by molar-refractivity contribution is 9.10. The first kappa shape index (κ1) is 34.5. The van der Waals surface area contributed by atoms with Crippen molar-refractivity contribution in [2.24, 2.45) is 0 Å². The fourth-order valence-electron chi connectivity index (χ4n) is 4.73. The van der Waals surface area contributed by atoms with Crippen LogP contribution in [0.25, 0.3) is 0 Å². The molecule has 1 atom stereocenters. The highest BCUT2D eigenvalue weighted by atomic mass is 79.9. The molecule has 0 saturated carbocycles. The van der Waals surface area contributed by atoms with Crippen LogP contribution in [-0.4, -0.2) is 44.3 Å². The molecule has 4 aromatic carbocycles. The molecule has 0 fully saturated rings. The van der Waals surface area contributed by atoms with Gasteiger partial charge in [-0.15, -0.1) is 0 Å². The van der Waals surface area contributed by atoms with Crippen LogP contribution in [-0.2, 0) is 32.6 Å². The van der Waals surface area contributed by atoms with Crippen molar-refractivity contribution in [2.45, 2.75) is 44.2 Å². The molecule has 4 aromatic rings. The van der Waals surface area contributed by atoms with Gasteiger partial charge >= 0.3 is 0 Å². The fourth-order valence-corrected chi connectivity index (χ4v) is 6.87. The molecular weight excluding hydrogens is 697 g/mol. The summed E-state index contributed by atoms with van der Waals surface area (Å²) in [7, 11) is -4.19. The van der Waals surface area contributed by atoms with Crippen LogP contribution in [0.2, 0.25) is 10.0 Å². The summed E-state index contributed by atoms with van der Waals surface area (Å²) in [6.07, 6.45) is 0.906. The molecule has 7 nitrogen and oxygen atoms in total. The van der Waals surface area contributed by atoms with Crippen LogP contribution < -0.4 is 9.62 Å². The first-order valence-corrected chi connectivity index (χ1v) is 17.4. The highest BCUT2D eigenvalue weighted by Crippen LogP contribution is 2.28. The molecule has 45 heavy (non-hydrogen) atoms. The van der Waals surface area contributed by atoms with Crippen molar-refractivity contribution in [1.82, 2.24) is 10.2 Å². The summed E-state index contributed by atoms with van der Waals surface area (Å²) in [5.41, 5.74) is 2.60. The quantitative estimate of drug-likeness (QED) is 0.155. The van der Waals surface area contributed by atoms with Gasteiger partial charge in [0.25, 0.3) is 10.0 Å². The van der Waals surface area contributed by atoms with E-state index in [0.29, 0.717) is 34.3 Å². The van der Waals surface area contributed by atoms with Crippen LogP contribution in [0.4, 0.5) is 5.69 Å². The third-order valence-corrected chi connectivity index (χ3v) is 10.1. The number of aryl methyl sites for hydroxylation is 1. The summed E-state index contributed by atoms with van der Waals surface area (Å²) in [6.45, 7) is 3.61. The molecule has 2 amide bonds. The molecule has 0 bridgehead atoms. The molecule has 0 saturated heterocycles. The van der Waals surface area contributed by atoms with E-state index in [-0.39, 0.29) is 23.8 Å². The zero-order valence-electron chi connectivity index (χ0n) is 24.9. The smallest absolute Gasteiger partial charge is 0.264 e. The zero-order chi connectivity index (χ0) is 32.6. The number of hydrogen-bond donors (Lipinski definition) is 1. The lowest BCUT2D eigenvalue weighted by Gasteiger charge is -2.34. The van der Waals surface area contributed by atoms with Gasteiger partial charge in [0.2, 0.25) is 11.8 Å². The van der Waals surface area contributed by atoms with Gasteiger partial charge in [0, 0.05) is 34.0 Å². The predicted octanol–water partition coefficient (Wildman–Crippen LogP) is 7.43. The summed E-state index contributed by atoms with van der Waals surface area (Å²) in [5, 5.41) is 3.67. The zero-order valence-corrected chi connectivity index (χ0v) is 28.8. The average molecular weight is 732 g/mol. The Morgan fingerprint density at radius 1 is 0.911 bits per heavy atom. The van der Waals surface area contributed by atoms with Crippen LogP contribution in [0.15, 0.2) is 106 Å². The fraction of sp³-hybridized carbons (Fsp3) is 0.235. The van der Waals surface area contributed by atoms with E-state index in [4.69, 9.17) is 23.2 Å². The third-order valence-electron chi connectivity index (χ3n) is 7.18. The molecule has 0 aliphatic carbocycles. The van der Waals surface area contributed by atoms with Gasteiger partial charge in [0.1, 0.15) is 12.6 Å². The Balaban J connectivity index is 1.81. The van der Waals surface area contributed by atoms with Crippen LogP contribution in [0, 0.1) is 6.92 Å². The molecule has 0 unspecified atom stereocenters. The Hall–Kier alpha value is -3.37. The largest absolute Gasteiger partial charge is 0.354 e. The van der Waals surface area contributed by atoms with Crippen molar-refractivity contribution in [3.05, 3.63) is 128 Å². The Morgan fingerprint density at radius 2 is 1.58 bits per heavy atom. The van der Waals surface area contributed by atoms with Gasteiger partial charge < -0.3 is 10.2 Å². The Kier molecular flexibility index (Phi) is 12.1. The number of nitrogens with one attached hydrogen (secondary N) is 1. The molecule has 0 aromatic heterocycles. The second-order valence-corrected chi connectivity index (χ2v) is 14.2. The number of rotatable bonds is 13. The average Bonchev–Trinajstić information content (AvgIpc) is 3.02. The molecular formula is C34H34BrCl2N3O4S. The number of sulfonamides is 1. The van der Waals surface area contributed by atoms with E-state index in [9.17, 15) is 18.0 Å². The van der Waals surface area contributed by atoms with Crippen LogP contribution >= 0.6 is 39.1 Å². The standard InChI is InChI=1S/C34H34BrCl2N3O4S/c1-3-19-38-34(42)32(20-25-7-5-4-6-8-25)39(22-26-11-14-28(36)21-31(26)37)33(41)23-40(29-15-12-27(35)13-16-29)45(43,44)30-17-9-24(2)10-18-30/h4-18,21,32H,3,19-20,22-23H2,1-2H3,(H,38,42)/t32-/m0/s1. The summed E-state index contributed by atoms with van der Waals surface area (Å²) in [5.74, 6) is -0.928. The third kappa shape index (κ3) is 9.10. The van der Waals surface area contributed by atoms with E-state index in [2.05, 4.69) is 21.2 Å². The summed E-state index contributed by atoms with van der Waals surface area (Å²) in [6, 6.07) is 26.4. The maximum absolute atomic E-state index is 14.5. The summed E-state index contributed by atoms with van der Waals surface area (Å²) in [4.78, 5) is 29.7. The Bertz CT molecular complexity index is 1720. The maximum Gasteiger partial charge on any atom is 0.264 e. The lowest BCUT2D eigenvalue weighted by molar-refractivity contribution is -0.140. The van der Waals surface area contributed by atoms with Crippen LogP contribution in [0.5, 0.6) is 0 Å². The molecule has 0 radical (unpaired) electrons. The molecule has 0 spiro atoms. The number of anilines is 1. The van der Waals surface area contributed by atoms with E-state index >= 15 is 0 Å². The van der Waals surface area contributed by atoms with E-state index in [1.54, 1.807) is 54.6 Å². The molecule has 4 rings (SSSR count). The SMILES string of the molecule is CCCNC(=O)[C@H](Cc1ccccc1)N(Cc1ccc(Cl)cc1Cl)C(=O)CN(c1ccc(Br)cc1)S(=O)(=O)c1ccc(C)cc1. The minimum Gasteiger partial charge on any atom is -0.354 e. The predicted molar refractivity (Wildman–Crippen MR) is 184 cm³/mol. The number of halogens is 3. The van der Waals surface area contributed by atoms with Gasteiger partial charge in [-0.25, -0.2) is 8.42 Å². The number of benzene rings is 4. The highest BCUT2D eigenvalue weighted by Gasteiger charge is 2.34. The van der Waals surface area contributed by atoms with Gasteiger partial charge in [0.15, 0.2) is 0 Å². The van der Waals surface area contributed by atoms with Crippen molar-refractivity contribution in [1.29, 1.82) is 0 Å². The molecule has 11 heteroatoms. The van der Waals surface area contributed by atoms with Gasteiger partial charge in [-0.05, 0) is 73.0 Å². The van der Waals surface area contributed by atoms with E-state index in [0.717, 1.165) is 19.9 Å². The van der Waals surface area contributed by atoms with Gasteiger partial charge in [-0.1, -0.05) is 100 Å². The monoisotopic (exact) mass is 729 g/mol. The van der Waals surface area contributed by atoms with Crippen molar-refractivity contribution >= 4 is 66.7 Å². The minimum absolute atomic E-state index is 0.0395. The summed E-state index contributed by atoms with van der Waals surface area (Å²) >= 11 is 16.1. The van der Waals surface area contributed by atoms with Gasteiger partial charge in [-0.2, -0.15) is 0 Å². The van der Waals surface area contributed by atoms with Crippen molar-refractivity contribution in [3.63, 3.8) is 0 Å². The first-order valence-electron chi connectivity index (χ1n) is 14.4. The van der Waals surface area contributed by atoms with Gasteiger partial charge in [0.05, 0.1) is 10.6 Å². The Labute approximate surface area is 283 Å². The number of carbonyl (C=O) groups is 2. The van der Waals surface area contributed by atoms with E-state index in [1.807, 2.05) is 44.2 Å². The van der Waals surface area contributed by atoms with E-state index in [1.165, 1.54) is 17.0 Å². The number of nitrogens with zero attached hydrogens (tertiary/aromatic N) is 2. The minimum atomic E-state index is -4.19. The van der Waals surface area contributed by atoms with Crippen molar-refractivity contribution in [2.75, 3.05) is 17.4 Å². The molecule has 0 aliphatic heterocycles. The number of hydrogen-bond acceptors (Lipinski definition) is 4. The lowest BCUT2D eigenvalue weighted by atomic mass is 10.0. The molecule has 236 valence electrons. The Morgan fingerprint density at radius 3 is 2.20 bits per heavy atom. The topological polar surface area (TPSA) is 86.8 Å². The molecule has 0 aliphatic rings. The van der Waals surface area contributed by atoms with Crippen molar-refractivity contribution in [3.8, 4) is 0 Å². The van der Waals surface area contributed by atoms with Gasteiger partial charge in [-0.3, -0.25) is 13.9 Å². The van der Waals surface area contributed by atoms with E-state index < -0.39 is 28.5 Å². The maximum atomic E-state index is 14.5. The van der Waals surface area contributed by atoms with Crippen LogP contribution in [0.1, 0.15) is 30.0 Å². The molecule has 1 N–H and O–H groups in total.